The molecule has 2 rings (SSSR count). The van der Waals surface area contributed by atoms with Crippen molar-refractivity contribution in [2.24, 2.45) is 0 Å². The van der Waals surface area contributed by atoms with Gasteiger partial charge >= 0.3 is 0 Å². The summed E-state index contributed by atoms with van der Waals surface area (Å²) in [5, 5.41) is 24.2. The van der Waals surface area contributed by atoms with Gasteiger partial charge in [-0.1, -0.05) is 11.6 Å². The molecule has 8 heteroatoms. The first-order chi connectivity index (χ1) is 9.56. The Morgan fingerprint density at radius 1 is 1.50 bits per heavy atom. The molecule has 0 radical (unpaired) electrons. The van der Waals surface area contributed by atoms with Gasteiger partial charge in [0.1, 0.15) is 12.4 Å². The van der Waals surface area contributed by atoms with Crippen LogP contribution in [0.5, 0.6) is 5.75 Å². The van der Waals surface area contributed by atoms with Crippen LogP contribution in [0, 0.1) is 10.1 Å². The van der Waals surface area contributed by atoms with E-state index in [1.54, 1.807) is 4.90 Å². The monoisotopic (exact) mass is 303 g/mol. The van der Waals surface area contributed by atoms with Crippen LogP contribution in [0.25, 0.3) is 0 Å². The number of benzene rings is 1. The van der Waals surface area contributed by atoms with Gasteiger partial charge in [-0.05, 0) is 6.07 Å². The van der Waals surface area contributed by atoms with Crippen LogP contribution in [0.15, 0.2) is 12.1 Å². The van der Waals surface area contributed by atoms with Crippen LogP contribution in [0.2, 0.25) is 5.02 Å². The van der Waals surface area contributed by atoms with Gasteiger partial charge < -0.3 is 10.4 Å². The third-order valence-corrected chi connectivity index (χ3v) is 3.72. The Morgan fingerprint density at radius 3 is 2.70 bits per heavy atom. The molecule has 0 bridgehead atoms. The highest BCUT2D eigenvalue weighted by atomic mass is 35.5. The van der Waals surface area contributed by atoms with E-state index in [2.05, 4.69) is 5.32 Å². The van der Waals surface area contributed by atoms with Gasteiger partial charge in [-0.15, -0.1) is 0 Å². The SMILES string of the molecule is O=[N+]([O-])c1ccc(Cl)c(O)c1[C@H](CF)N1CCNCC1. The second-order valence-corrected chi connectivity index (χ2v) is 4.95. The quantitative estimate of drug-likeness (QED) is 0.656. The lowest BCUT2D eigenvalue weighted by atomic mass is 10.0. The number of hydrogen-bond acceptors (Lipinski definition) is 5. The normalized spacial score (nSPS) is 17.9. The van der Waals surface area contributed by atoms with Crippen molar-refractivity contribution < 1.29 is 14.4 Å². The van der Waals surface area contributed by atoms with E-state index in [1.165, 1.54) is 12.1 Å². The maximum absolute atomic E-state index is 13.4. The third-order valence-electron chi connectivity index (χ3n) is 3.41. The van der Waals surface area contributed by atoms with Gasteiger partial charge in [-0.3, -0.25) is 15.0 Å². The average Bonchev–Trinajstić information content (AvgIpc) is 2.45. The molecular formula is C12H15ClFN3O3. The molecule has 0 saturated carbocycles. The fourth-order valence-corrected chi connectivity index (χ4v) is 2.57. The molecule has 1 heterocycles. The Labute approximate surface area is 120 Å². The van der Waals surface area contributed by atoms with Crippen LogP contribution in [0.4, 0.5) is 10.1 Å². The van der Waals surface area contributed by atoms with Gasteiger partial charge in [0, 0.05) is 32.2 Å². The molecule has 1 aromatic carbocycles. The average molecular weight is 304 g/mol. The Balaban J connectivity index is 2.46. The summed E-state index contributed by atoms with van der Waals surface area (Å²) in [6, 6.07) is 1.57. The van der Waals surface area contributed by atoms with Crippen molar-refractivity contribution in [3.8, 4) is 5.75 Å². The molecule has 1 aliphatic heterocycles. The van der Waals surface area contributed by atoms with Gasteiger partial charge in [-0.25, -0.2) is 4.39 Å². The molecule has 0 aromatic heterocycles. The molecule has 110 valence electrons. The Bertz CT molecular complexity index is 509. The number of rotatable bonds is 4. The zero-order valence-electron chi connectivity index (χ0n) is 10.7. The second kappa shape index (κ2) is 6.34. The lowest BCUT2D eigenvalue weighted by molar-refractivity contribution is -0.386. The van der Waals surface area contributed by atoms with Crippen molar-refractivity contribution in [3.63, 3.8) is 0 Å². The van der Waals surface area contributed by atoms with Crippen molar-refractivity contribution in [2.75, 3.05) is 32.9 Å². The van der Waals surface area contributed by atoms with E-state index in [4.69, 9.17) is 11.6 Å². The van der Waals surface area contributed by atoms with Gasteiger partial charge in [-0.2, -0.15) is 0 Å². The van der Waals surface area contributed by atoms with E-state index >= 15 is 0 Å². The number of hydrogen-bond donors (Lipinski definition) is 2. The maximum Gasteiger partial charge on any atom is 0.278 e. The number of phenolic OH excluding ortho intramolecular Hbond substituents is 1. The molecular weight excluding hydrogens is 289 g/mol. The van der Waals surface area contributed by atoms with Crippen LogP contribution >= 0.6 is 11.6 Å². The molecule has 1 aliphatic rings. The van der Waals surface area contributed by atoms with E-state index in [1.807, 2.05) is 0 Å². The number of piperazine rings is 1. The van der Waals surface area contributed by atoms with E-state index < -0.39 is 23.4 Å². The highest BCUT2D eigenvalue weighted by molar-refractivity contribution is 6.32. The summed E-state index contributed by atoms with van der Waals surface area (Å²) < 4.78 is 13.4. The summed E-state index contributed by atoms with van der Waals surface area (Å²) in [6.07, 6.45) is 0. The standard InChI is InChI=1S/C12H15ClFN3O3/c13-8-1-2-9(17(19)20)11(12(8)18)10(7-14)16-5-3-15-4-6-16/h1-2,10,15,18H,3-7H2/t10-/m0/s1. The predicted molar refractivity (Wildman–Crippen MR) is 72.9 cm³/mol. The molecule has 0 unspecified atom stereocenters. The Hall–Kier alpha value is -1.44. The van der Waals surface area contributed by atoms with Gasteiger partial charge in [0.2, 0.25) is 0 Å². The number of nitro benzene ring substituents is 1. The minimum Gasteiger partial charge on any atom is -0.506 e. The first-order valence-electron chi connectivity index (χ1n) is 6.22. The number of nitrogens with zero attached hydrogens (tertiary/aromatic N) is 2. The van der Waals surface area contributed by atoms with Crippen LogP contribution in [-0.4, -0.2) is 47.8 Å². The van der Waals surface area contributed by atoms with E-state index in [-0.39, 0.29) is 16.3 Å². The molecule has 20 heavy (non-hydrogen) atoms. The molecule has 2 N–H and O–H groups in total. The molecule has 1 atom stereocenters. The smallest absolute Gasteiger partial charge is 0.278 e. The zero-order chi connectivity index (χ0) is 14.7. The zero-order valence-corrected chi connectivity index (χ0v) is 11.4. The maximum atomic E-state index is 13.4. The molecule has 0 spiro atoms. The number of halogens is 2. The van der Waals surface area contributed by atoms with E-state index in [0.717, 1.165) is 0 Å². The van der Waals surface area contributed by atoms with Crippen LogP contribution in [0.3, 0.4) is 0 Å². The van der Waals surface area contributed by atoms with Gasteiger partial charge in [0.15, 0.2) is 0 Å². The molecule has 1 aromatic rings. The summed E-state index contributed by atoms with van der Waals surface area (Å²) >= 11 is 5.80. The van der Waals surface area contributed by atoms with Crippen molar-refractivity contribution in [2.45, 2.75) is 6.04 Å². The largest absolute Gasteiger partial charge is 0.506 e. The van der Waals surface area contributed by atoms with Crippen LogP contribution in [-0.2, 0) is 0 Å². The van der Waals surface area contributed by atoms with Crippen molar-refractivity contribution in [1.29, 1.82) is 0 Å². The number of phenols is 1. The lowest BCUT2D eigenvalue weighted by Crippen LogP contribution is -2.45. The fourth-order valence-electron chi connectivity index (χ4n) is 2.41. The summed E-state index contributed by atoms with van der Waals surface area (Å²) in [5.41, 5.74) is -0.361. The number of aromatic hydroxyl groups is 1. The number of alkyl halides is 1. The lowest BCUT2D eigenvalue weighted by Gasteiger charge is -2.33. The molecule has 0 aliphatic carbocycles. The number of nitro groups is 1. The minimum atomic E-state index is -0.865. The van der Waals surface area contributed by atoms with Crippen LogP contribution in [0.1, 0.15) is 11.6 Å². The van der Waals surface area contributed by atoms with Crippen LogP contribution < -0.4 is 5.32 Å². The van der Waals surface area contributed by atoms with E-state index in [9.17, 15) is 19.6 Å². The summed E-state index contributed by atoms with van der Waals surface area (Å²) in [6.45, 7) is 1.63. The third kappa shape index (κ3) is 2.84. The second-order valence-electron chi connectivity index (χ2n) is 4.54. The van der Waals surface area contributed by atoms with Gasteiger partial charge in [0.05, 0.1) is 21.6 Å². The summed E-state index contributed by atoms with van der Waals surface area (Å²) in [5.74, 6) is -0.415. The predicted octanol–water partition coefficient (Wildman–Crippen LogP) is 1.87. The molecule has 1 saturated heterocycles. The molecule has 1 fully saturated rings. The minimum absolute atomic E-state index is 0.0146. The Morgan fingerprint density at radius 2 is 2.15 bits per heavy atom. The first kappa shape index (κ1) is 15.0. The highest BCUT2D eigenvalue weighted by Gasteiger charge is 2.32. The number of nitrogens with one attached hydrogen (secondary N) is 1. The highest BCUT2D eigenvalue weighted by Crippen LogP contribution is 2.40. The van der Waals surface area contributed by atoms with E-state index in [0.29, 0.717) is 26.2 Å². The van der Waals surface area contributed by atoms with Crippen molar-refractivity contribution in [3.05, 3.63) is 32.8 Å². The van der Waals surface area contributed by atoms with Gasteiger partial charge in [0.25, 0.3) is 5.69 Å². The summed E-state index contributed by atoms with van der Waals surface area (Å²) in [7, 11) is 0. The molecule has 6 nitrogen and oxygen atoms in total. The topological polar surface area (TPSA) is 78.6 Å². The van der Waals surface area contributed by atoms with Crippen molar-refractivity contribution >= 4 is 17.3 Å². The Kier molecular flexibility index (Phi) is 4.74. The molecule has 0 amide bonds. The first-order valence-corrected chi connectivity index (χ1v) is 6.60. The fraction of sp³-hybridized carbons (Fsp3) is 0.500. The summed E-state index contributed by atoms with van der Waals surface area (Å²) in [4.78, 5) is 12.2. The van der Waals surface area contributed by atoms with Crippen molar-refractivity contribution in [1.82, 2.24) is 10.2 Å².